The van der Waals surface area contributed by atoms with Crippen LogP contribution in [0.1, 0.15) is 32.2 Å². The maximum Gasteiger partial charge on any atom is 0.354 e. The van der Waals surface area contributed by atoms with Crippen molar-refractivity contribution in [1.82, 2.24) is 14.9 Å². The molecule has 0 aliphatic rings. The average Bonchev–Trinajstić information content (AvgIpc) is 2.46. The van der Waals surface area contributed by atoms with Crippen LogP contribution in [-0.2, 0) is 6.54 Å². The minimum absolute atomic E-state index is 0.0884. The molecule has 0 spiro atoms. The van der Waals surface area contributed by atoms with Gasteiger partial charge < -0.3 is 10.0 Å². The van der Waals surface area contributed by atoms with Crippen LogP contribution in [0.3, 0.4) is 0 Å². The van der Waals surface area contributed by atoms with Gasteiger partial charge in [-0.25, -0.2) is 9.78 Å². The van der Waals surface area contributed by atoms with Gasteiger partial charge in [-0.15, -0.1) is 0 Å². The Hall–Kier alpha value is -2.76. The van der Waals surface area contributed by atoms with Crippen LogP contribution in [0.15, 0.2) is 36.5 Å². The Morgan fingerprint density at radius 1 is 1.24 bits per heavy atom. The standard InChI is InChI=1S/C15H15N3O3/c1-10-4-3-5-12(17-10)9-18(2)14(19)11-6-7-13(15(20)21)16-8-11/h3-8H,9H2,1-2H3,(H,20,21). The molecule has 0 unspecified atom stereocenters. The van der Waals surface area contributed by atoms with Crippen molar-refractivity contribution in [2.24, 2.45) is 0 Å². The van der Waals surface area contributed by atoms with E-state index >= 15 is 0 Å². The van der Waals surface area contributed by atoms with Crippen molar-refractivity contribution in [2.75, 3.05) is 7.05 Å². The number of carbonyl (C=O) groups is 2. The molecule has 2 rings (SSSR count). The zero-order valence-electron chi connectivity index (χ0n) is 11.8. The van der Waals surface area contributed by atoms with Crippen molar-refractivity contribution >= 4 is 11.9 Å². The summed E-state index contributed by atoms with van der Waals surface area (Å²) in [7, 11) is 1.66. The fourth-order valence-corrected chi connectivity index (χ4v) is 1.87. The molecule has 0 fully saturated rings. The van der Waals surface area contributed by atoms with Gasteiger partial charge in [-0.3, -0.25) is 9.78 Å². The van der Waals surface area contributed by atoms with Crippen LogP contribution in [0.25, 0.3) is 0 Å². The van der Waals surface area contributed by atoms with Crippen LogP contribution in [0.2, 0.25) is 0 Å². The van der Waals surface area contributed by atoms with Crippen LogP contribution in [0, 0.1) is 6.92 Å². The van der Waals surface area contributed by atoms with E-state index in [2.05, 4.69) is 9.97 Å². The topological polar surface area (TPSA) is 83.4 Å². The molecular weight excluding hydrogens is 270 g/mol. The summed E-state index contributed by atoms with van der Waals surface area (Å²) in [5.74, 6) is -1.35. The molecule has 0 atom stereocenters. The number of nitrogens with zero attached hydrogens (tertiary/aromatic N) is 3. The van der Waals surface area contributed by atoms with Crippen LogP contribution < -0.4 is 0 Å². The minimum atomic E-state index is -1.12. The predicted molar refractivity (Wildman–Crippen MR) is 76.0 cm³/mol. The normalized spacial score (nSPS) is 10.2. The molecule has 6 heteroatoms. The van der Waals surface area contributed by atoms with Crippen molar-refractivity contribution in [3.8, 4) is 0 Å². The summed E-state index contributed by atoms with van der Waals surface area (Å²) in [6.07, 6.45) is 1.27. The van der Waals surface area contributed by atoms with Crippen molar-refractivity contribution in [3.63, 3.8) is 0 Å². The second-order valence-electron chi connectivity index (χ2n) is 4.67. The molecule has 2 heterocycles. The van der Waals surface area contributed by atoms with Gasteiger partial charge in [-0.1, -0.05) is 6.07 Å². The van der Waals surface area contributed by atoms with Crippen LogP contribution in [-0.4, -0.2) is 38.9 Å². The Bertz CT molecular complexity index is 668. The summed E-state index contributed by atoms with van der Waals surface area (Å²) in [6, 6.07) is 8.40. The summed E-state index contributed by atoms with van der Waals surface area (Å²) in [5, 5.41) is 8.78. The quantitative estimate of drug-likeness (QED) is 0.925. The Morgan fingerprint density at radius 2 is 2.00 bits per heavy atom. The van der Waals surface area contributed by atoms with Crippen molar-refractivity contribution in [1.29, 1.82) is 0 Å². The molecule has 0 bridgehead atoms. The number of pyridine rings is 2. The minimum Gasteiger partial charge on any atom is -0.477 e. The number of aromatic nitrogens is 2. The van der Waals surface area contributed by atoms with E-state index in [4.69, 9.17) is 5.11 Å². The summed E-state index contributed by atoms with van der Waals surface area (Å²) >= 11 is 0. The largest absolute Gasteiger partial charge is 0.477 e. The highest BCUT2D eigenvalue weighted by molar-refractivity contribution is 5.94. The fraction of sp³-hybridized carbons (Fsp3) is 0.200. The molecule has 0 aliphatic heterocycles. The second kappa shape index (κ2) is 6.13. The molecular formula is C15H15N3O3. The van der Waals surface area contributed by atoms with E-state index in [0.717, 1.165) is 11.4 Å². The van der Waals surface area contributed by atoms with E-state index in [-0.39, 0.29) is 11.6 Å². The average molecular weight is 285 g/mol. The smallest absolute Gasteiger partial charge is 0.354 e. The van der Waals surface area contributed by atoms with Gasteiger partial charge in [0.25, 0.3) is 5.91 Å². The summed E-state index contributed by atoms with van der Waals surface area (Å²) < 4.78 is 0. The Labute approximate surface area is 122 Å². The molecule has 0 saturated heterocycles. The molecule has 0 aromatic carbocycles. The summed E-state index contributed by atoms with van der Waals surface area (Å²) in [6.45, 7) is 2.26. The molecule has 0 saturated carbocycles. The zero-order chi connectivity index (χ0) is 15.4. The van der Waals surface area contributed by atoms with Crippen molar-refractivity contribution in [3.05, 3.63) is 59.2 Å². The lowest BCUT2D eigenvalue weighted by Crippen LogP contribution is -2.27. The SMILES string of the molecule is Cc1cccc(CN(C)C(=O)c2ccc(C(=O)O)nc2)n1. The first-order chi connectivity index (χ1) is 9.97. The second-order valence-corrected chi connectivity index (χ2v) is 4.67. The van der Waals surface area contributed by atoms with Gasteiger partial charge in [0.1, 0.15) is 5.69 Å². The van der Waals surface area contributed by atoms with Gasteiger partial charge in [0.05, 0.1) is 17.8 Å². The lowest BCUT2D eigenvalue weighted by atomic mass is 10.2. The Kier molecular flexibility index (Phi) is 4.27. The number of hydrogen-bond donors (Lipinski definition) is 1. The summed E-state index contributed by atoms with van der Waals surface area (Å²) in [5.41, 5.74) is 1.94. The number of aryl methyl sites for hydroxylation is 1. The highest BCUT2D eigenvalue weighted by atomic mass is 16.4. The molecule has 1 N–H and O–H groups in total. The number of carboxylic acid groups (broad SMARTS) is 1. The number of carbonyl (C=O) groups excluding carboxylic acids is 1. The first-order valence-electron chi connectivity index (χ1n) is 6.34. The fourth-order valence-electron chi connectivity index (χ4n) is 1.87. The number of aromatic carboxylic acids is 1. The van der Waals surface area contributed by atoms with Crippen LogP contribution in [0.4, 0.5) is 0 Å². The molecule has 2 aromatic heterocycles. The molecule has 21 heavy (non-hydrogen) atoms. The molecule has 1 amide bonds. The van der Waals surface area contributed by atoms with Gasteiger partial charge in [0.15, 0.2) is 0 Å². The third-order valence-electron chi connectivity index (χ3n) is 2.92. The van der Waals surface area contributed by atoms with E-state index in [9.17, 15) is 9.59 Å². The molecule has 0 aliphatic carbocycles. The zero-order valence-corrected chi connectivity index (χ0v) is 11.8. The van der Waals surface area contributed by atoms with E-state index in [1.807, 2.05) is 25.1 Å². The van der Waals surface area contributed by atoms with E-state index in [1.165, 1.54) is 23.2 Å². The molecule has 0 radical (unpaired) electrons. The maximum atomic E-state index is 12.2. The van der Waals surface area contributed by atoms with Gasteiger partial charge in [0, 0.05) is 18.9 Å². The molecule has 6 nitrogen and oxygen atoms in total. The third kappa shape index (κ3) is 3.62. The number of hydrogen-bond acceptors (Lipinski definition) is 4. The van der Waals surface area contributed by atoms with Gasteiger partial charge in [0.2, 0.25) is 0 Å². The van der Waals surface area contributed by atoms with Gasteiger partial charge in [-0.2, -0.15) is 0 Å². The number of rotatable bonds is 4. The van der Waals surface area contributed by atoms with E-state index < -0.39 is 5.97 Å². The highest BCUT2D eigenvalue weighted by Gasteiger charge is 2.14. The van der Waals surface area contributed by atoms with Crippen molar-refractivity contribution in [2.45, 2.75) is 13.5 Å². The Balaban J connectivity index is 2.10. The van der Waals surface area contributed by atoms with Crippen LogP contribution in [0.5, 0.6) is 0 Å². The maximum absolute atomic E-state index is 12.2. The van der Waals surface area contributed by atoms with Crippen LogP contribution >= 0.6 is 0 Å². The monoisotopic (exact) mass is 285 g/mol. The lowest BCUT2D eigenvalue weighted by Gasteiger charge is -2.16. The molecule has 108 valence electrons. The predicted octanol–water partition coefficient (Wildman–Crippen LogP) is 1.76. The van der Waals surface area contributed by atoms with Gasteiger partial charge >= 0.3 is 5.97 Å². The van der Waals surface area contributed by atoms with Gasteiger partial charge in [-0.05, 0) is 31.2 Å². The van der Waals surface area contributed by atoms with Crippen molar-refractivity contribution < 1.29 is 14.7 Å². The lowest BCUT2D eigenvalue weighted by molar-refractivity contribution is 0.0688. The molecule has 2 aromatic rings. The highest BCUT2D eigenvalue weighted by Crippen LogP contribution is 2.08. The number of carboxylic acids is 1. The first-order valence-corrected chi connectivity index (χ1v) is 6.34. The van der Waals surface area contributed by atoms with E-state index in [0.29, 0.717) is 12.1 Å². The number of amides is 1. The van der Waals surface area contributed by atoms with E-state index in [1.54, 1.807) is 7.05 Å². The summed E-state index contributed by atoms with van der Waals surface area (Å²) in [4.78, 5) is 32.5. The Morgan fingerprint density at radius 3 is 2.57 bits per heavy atom. The third-order valence-corrected chi connectivity index (χ3v) is 2.92. The first kappa shape index (κ1) is 14.6.